The number of hydrogen-bond donors (Lipinski definition) is 0. The molecule has 34 heavy (non-hydrogen) atoms. The van der Waals surface area contributed by atoms with Gasteiger partial charge in [0.1, 0.15) is 5.69 Å². The van der Waals surface area contributed by atoms with Crippen molar-refractivity contribution in [2.75, 3.05) is 19.7 Å². The predicted octanol–water partition coefficient (Wildman–Crippen LogP) is 7.08. The monoisotopic (exact) mass is 465 g/mol. The number of rotatable bonds is 6. The molecule has 6 rings (SSSR count). The van der Waals surface area contributed by atoms with Crippen LogP contribution in [0.2, 0.25) is 0 Å². The molecule has 0 fully saturated rings. The van der Waals surface area contributed by atoms with Crippen LogP contribution in [0, 0.1) is 0 Å². The van der Waals surface area contributed by atoms with Crippen LogP contribution < -0.4 is 4.74 Å². The van der Waals surface area contributed by atoms with E-state index in [1.165, 1.54) is 55.2 Å². The predicted molar refractivity (Wildman–Crippen MR) is 143 cm³/mol. The van der Waals surface area contributed by atoms with Crippen molar-refractivity contribution in [3.8, 4) is 5.88 Å². The Bertz CT molecular complexity index is 1520. The fraction of sp³-hybridized carbons (Fsp3) is 0.241. The Balaban J connectivity index is 1.31. The summed E-state index contributed by atoms with van der Waals surface area (Å²) in [5.74, 6) is 0.684. The molecule has 0 aliphatic carbocycles. The van der Waals surface area contributed by atoms with Gasteiger partial charge in [-0.25, -0.2) is 0 Å². The minimum absolute atomic E-state index is 0.675. The van der Waals surface area contributed by atoms with E-state index in [1.807, 2.05) is 0 Å². The van der Waals surface area contributed by atoms with Crippen LogP contribution in [-0.2, 0) is 6.54 Å². The summed E-state index contributed by atoms with van der Waals surface area (Å²) >= 11 is 1.23. The standard InChI is InChI=1S/C29H27N3OS/c1-2-17-33-29-28(30-34-31-29)22-9-6-16-32(19-22)18-21-8-5-11-25-24(21)14-15-26-23-10-4-3-7-20(23)12-13-27(25)26/h3-5,7-15H,2,6,16-19H2,1H3. The Morgan fingerprint density at radius 2 is 1.65 bits per heavy atom. The Labute approximate surface area is 203 Å². The third-order valence-corrected chi connectivity index (χ3v) is 7.22. The summed E-state index contributed by atoms with van der Waals surface area (Å²) in [6.07, 6.45) is 4.28. The summed E-state index contributed by atoms with van der Waals surface area (Å²) in [5.41, 5.74) is 3.51. The Hall–Kier alpha value is -3.28. The van der Waals surface area contributed by atoms with Gasteiger partial charge in [-0.15, -0.1) is 4.37 Å². The van der Waals surface area contributed by atoms with Crippen molar-refractivity contribution in [3.63, 3.8) is 0 Å². The van der Waals surface area contributed by atoms with E-state index in [0.717, 1.165) is 38.2 Å². The second-order valence-corrected chi connectivity index (χ2v) is 9.48. The summed E-state index contributed by atoms with van der Waals surface area (Å²) in [6, 6.07) is 24.5. The maximum atomic E-state index is 5.84. The molecule has 1 aromatic heterocycles. The van der Waals surface area contributed by atoms with Crippen LogP contribution in [0.25, 0.3) is 37.9 Å². The van der Waals surface area contributed by atoms with E-state index in [2.05, 4.69) is 93.4 Å². The summed E-state index contributed by atoms with van der Waals surface area (Å²) in [7, 11) is 0. The fourth-order valence-electron chi connectivity index (χ4n) is 5.08. The van der Waals surface area contributed by atoms with E-state index in [-0.39, 0.29) is 0 Å². The molecule has 4 aromatic carbocycles. The number of fused-ring (bicyclic) bond motifs is 5. The molecule has 0 saturated carbocycles. The van der Waals surface area contributed by atoms with Gasteiger partial charge in [-0.05, 0) is 56.3 Å². The third kappa shape index (κ3) is 3.85. The van der Waals surface area contributed by atoms with Crippen LogP contribution in [0.15, 0.2) is 72.8 Å². The van der Waals surface area contributed by atoms with Crippen LogP contribution in [0.5, 0.6) is 5.88 Å². The second-order valence-electron chi connectivity index (χ2n) is 8.95. The molecular formula is C29H27N3OS. The van der Waals surface area contributed by atoms with Crippen LogP contribution >= 0.6 is 11.7 Å². The quantitative estimate of drug-likeness (QED) is 0.251. The molecule has 0 N–H and O–H groups in total. The molecule has 1 aliphatic heterocycles. The van der Waals surface area contributed by atoms with Crippen molar-refractivity contribution in [3.05, 3.63) is 84.1 Å². The molecule has 0 bridgehead atoms. The summed E-state index contributed by atoms with van der Waals surface area (Å²) in [4.78, 5) is 2.51. The van der Waals surface area contributed by atoms with Gasteiger partial charge in [0.25, 0.3) is 5.88 Å². The first kappa shape index (κ1) is 21.3. The third-order valence-electron chi connectivity index (χ3n) is 6.70. The van der Waals surface area contributed by atoms with Crippen LogP contribution in [0.4, 0.5) is 0 Å². The van der Waals surface area contributed by atoms with E-state index in [0.29, 0.717) is 12.5 Å². The van der Waals surface area contributed by atoms with Crippen molar-refractivity contribution in [2.45, 2.75) is 26.3 Å². The van der Waals surface area contributed by atoms with Gasteiger partial charge in [0.15, 0.2) is 0 Å². The topological polar surface area (TPSA) is 38.3 Å². The van der Waals surface area contributed by atoms with Crippen molar-refractivity contribution in [1.82, 2.24) is 13.6 Å². The lowest BCUT2D eigenvalue weighted by atomic mass is 9.94. The number of benzene rings is 4. The van der Waals surface area contributed by atoms with Crippen molar-refractivity contribution in [1.29, 1.82) is 0 Å². The smallest absolute Gasteiger partial charge is 0.253 e. The van der Waals surface area contributed by atoms with Gasteiger partial charge in [0.05, 0.1) is 18.3 Å². The highest BCUT2D eigenvalue weighted by Gasteiger charge is 2.21. The lowest BCUT2D eigenvalue weighted by Gasteiger charge is -2.27. The number of aromatic nitrogens is 2. The number of nitrogens with zero attached hydrogens (tertiary/aromatic N) is 3. The molecule has 5 aromatic rings. The van der Waals surface area contributed by atoms with E-state index in [1.54, 1.807) is 0 Å². The molecule has 5 heteroatoms. The zero-order chi connectivity index (χ0) is 22.9. The highest BCUT2D eigenvalue weighted by molar-refractivity contribution is 6.99. The van der Waals surface area contributed by atoms with Gasteiger partial charge in [0, 0.05) is 19.6 Å². The van der Waals surface area contributed by atoms with Crippen molar-refractivity contribution < 1.29 is 4.74 Å². The minimum atomic E-state index is 0.675. The SMILES string of the molecule is CCCOc1nsnc1C1=CCCN(Cc2cccc3c2ccc2c4ccccc4ccc32)C1. The molecule has 0 atom stereocenters. The molecule has 1 aliphatic rings. The van der Waals surface area contributed by atoms with Gasteiger partial charge in [-0.2, -0.15) is 4.37 Å². The molecule has 0 amide bonds. The van der Waals surface area contributed by atoms with Crippen molar-refractivity contribution in [2.24, 2.45) is 0 Å². The van der Waals surface area contributed by atoms with E-state index in [9.17, 15) is 0 Å². The maximum Gasteiger partial charge on any atom is 0.253 e. The van der Waals surface area contributed by atoms with E-state index in [4.69, 9.17) is 4.74 Å². The van der Waals surface area contributed by atoms with Crippen LogP contribution in [0.3, 0.4) is 0 Å². The van der Waals surface area contributed by atoms with Gasteiger partial charge in [-0.3, -0.25) is 4.90 Å². The van der Waals surface area contributed by atoms with E-state index < -0.39 is 0 Å². The lowest BCUT2D eigenvalue weighted by Crippen LogP contribution is -2.29. The lowest BCUT2D eigenvalue weighted by molar-refractivity contribution is 0.293. The first-order valence-electron chi connectivity index (χ1n) is 12.0. The first-order chi connectivity index (χ1) is 16.8. The van der Waals surface area contributed by atoms with Gasteiger partial charge in [-0.1, -0.05) is 79.7 Å². The van der Waals surface area contributed by atoms with Gasteiger partial charge in [0.2, 0.25) is 0 Å². The first-order valence-corrected chi connectivity index (χ1v) is 12.7. The van der Waals surface area contributed by atoms with Crippen LogP contribution in [0.1, 0.15) is 31.0 Å². The molecule has 0 unspecified atom stereocenters. The summed E-state index contributed by atoms with van der Waals surface area (Å²) in [6.45, 7) is 5.60. The Kier molecular flexibility index (Phi) is 5.73. The number of ether oxygens (including phenoxy) is 1. The zero-order valence-corrected chi connectivity index (χ0v) is 20.1. The largest absolute Gasteiger partial charge is 0.475 e. The summed E-state index contributed by atoms with van der Waals surface area (Å²) < 4.78 is 14.8. The molecule has 0 saturated heterocycles. The highest BCUT2D eigenvalue weighted by atomic mass is 32.1. The highest BCUT2D eigenvalue weighted by Crippen LogP contribution is 2.34. The number of hydrogen-bond acceptors (Lipinski definition) is 5. The van der Waals surface area contributed by atoms with Crippen molar-refractivity contribution >= 4 is 49.6 Å². The average molecular weight is 466 g/mol. The average Bonchev–Trinajstić information content (AvgIpc) is 3.36. The Morgan fingerprint density at radius 3 is 2.59 bits per heavy atom. The Morgan fingerprint density at radius 1 is 0.853 bits per heavy atom. The van der Waals surface area contributed by atoms with Crippen LogP contribution in [-0.4, -0.2) is 33.3 Å². The summed E-state index contributed by atoms with van der Waals surface area (Å²) in [5, 5.41) is 7.91. The molecule has 170 valence electrons. The van der Waals surface area contributed by atoms with Gasteiger partial charge < -0.3 is 4.74 Å². The molecule has 4 nitrogen and oxygen atoms in total. The minimum Gasteiger partial charge on any atom is -0.475 e. The molecule has 0 spiro atoms. The fourth-order valence-corrected chi connectivity index (χ4v) is 5.61. The second kappa shape index (κ2) is 9.16. The zero-order valence-electron chi connectivity index (χ0n) is 19.3. The maximum absolute atomic E-state index is 5.84. The molecular weight excluding hydrogens is 438 g/mol. The molecule has 0 radical (unpaired) electrons. The van der Waals surface area contributed by atoms with Gasteiger partial charge >= 0.3 is 0 Å². The normalized spacial score (nSPS) is 14.7. The van der Waals surface area contributed by atoms with E-state index >= 15 is 0 Å². The molecule has 2 heterocycles.